The van der Waals surface area contributed by atoms with Crippen molar-refractivity contribution < 1.29 is 5.11 Å². The van der Waals surface area contributed by atoms with Crippen LogP contribution >= 0.6 is 0 Å². The second kappa shape index (κ2) is 4.60. The van der Waals surface area contributed by atoms with E-state index in [0.717, 1.165) is 30.1 Å². The molecule has 4 aliphatic rings. The summed E-state index contributed by atoms with van der Waals surface area (Å²) in [6.07, 6.45) is 12.8. The largest absolute Gasteiger partial charge is 0.389 e. The first-order chi connectivity index (χ1) is 9.95. The van der Waals surface area contributed by atoms with Crippen molar-refractivity contribution in [1.29, 1.82) is 0 Å². The highest BCUT2D eigenvalue weighted by atomic mass is 16.3. The summed E-state index contributed by atoms with van der Waals surface area (Å²) < 4.78 is 0. The minimum Gasteiger partial charge on any atom is -0.389 e. The summed E-state index contributed by atoms with van der Waals surface area (Å²) in [5, 5.41) is 10.0. The molecule has 0 amide bonds. The van der Waals surface area contributed by atoms with Crippen LogP contribution in [0.3, 0.4) is 0 Å². The molecular weight excluding hydrogens is 256 g/mol. The van der Waals surface area contributed by atoms with Gasteiger partial charge in [0.25, 0.3) is 0 Å². The van der Waals surface area contributed by atoms with E-state index in [-0.39, 0.29) is 6.10 Å². The molecule has 0 spiro atoms. The van der Waals surface area contributed by atoms with Gasteiger partial charge in [-0.15, -0.1) is 0 Å². The molecule has 4 rings (SSSR count). The monoisotopic (exact) mass is 288 g/mol. The fourth-order valence-corrected chi connectivity index (χ4v) is 6.97. The molecule has 118 valence electrons. The fraction of sp³-hybridized carbons (Fsp3) is 0.900. The van der Waals surface area contributed by atoms with Crippen LogP contribution in [0.1, 0.15) is 72.1 Å². The van der Waals surface area contributed by atoms with Crippen molar-refractivity contribution in [3.63, 3.8) is 0 Å². The summed E-state index contributed by atoms with van der Waals surface area (Å²) in [7, 11) is 0. The van der Waals surface area contributed by atoms with E-state index in [0.29, 0.717) is 10.8 Å². The van der Waals surface area contributed by atoms with Crippen LogP contribution < -0.4 is 0 Å². The minimum absolute atomic E-state index is 0.162. The van der Waals surface area contributed by atoms with Crippen LogP contribution in [-0.4, -0.2) is 11.2 Å². The Morgan fingerprint density at radius 2 is 1.81 bits per heavy atom. The average Bonchev–Trinajstić information content (AvgIpc) is 2.76. The van der Waals surface area contributed by atoms with E-state index in [1.54, 1.807) is 5.57 Å². The third-order valence-corrected chi connectivity index (χ3v) is 8.56. The molecule has 1 heteroatoms. The quantitative estimate of drug-likeness (QED) is 0.626. The number of aliphatic hydroxyl groups is 1. The highest BCUT2D eigenvalue weighted by molar-refractivity contribution is 5.25. The summed E-state index contributed by atoms with van der Waals surface area (Å²) in [5.41, 5.74) is 2.65. The third-order valence-electron chi connectivity index (χ3n) is 8.56. The van der Waals surface area contributed by atoms with Crippen LogP contribution in [0.4, 0.5) is 0 Å². The van der Waals surface area contributed by atoms with E-state index in [2.05, 4.69) is 26.8 Å². The van der Waals surface area contributed by atoms with Crippen molar-refractivity contribution in [3.05, 3.63) is 11.6 Å². The summed E-state index contributed by atoms with van der Waals surface area (Å²) in [6.45, 7) is 7.64. The Bertz CT molecular complexity index is 466. The third kappa shape index (κ3) is 1.85. The Hall–Kier alpha value is -0.300. The maximum Gasteiger partial charge on any atom is 0.0724 e. The van der Waals surface area contributed by atoms with Gasteiger partial charge in [-0.25, -0.2) is 0 Å². The molecule has 0 radical (unpaired) electrons. The zero-order valence-electron chi connectivity index (χ0n) is 14.1. The van der Waals surface area contributed by atoms with E-state index in [4.69, 9.17) is 0 Å². The van der Waals surface area contributed by atoms with Crippen LogP contribution in [0.25, 0.3) is 0 Å². The van der Waals surface area contributed by atoms with E-state index in [1.807, 2.05) is 0 Å². The molecule has 0 aromatic carbocycles. The van der Waals surface area contributed by atoms with Gasteiger partial charge in [0, 0.05) is 0 Å². The molecule has 1 nitrogen and oxygen atoms in total. The van der Waals surface area contributed by atoms with Crippen LogP contribution in [0.5, 0.6) is 0 Å². The lowest BCUT2D eigenvalue weighted by Gasteiger charge is -2.58. The van der Waals surface area contributed by atoms with Gasteiger partial charge in [-0.3, -0.25) is 0 Å². The molecule has 0 aliphatic heterocycles. The Morgan fingerprint density at radius 3 is 2.62 bits per heavy atom. The zero-order chi connectivity index (χ0) is 14.8. The average molecular weight is 288 g/mol. The maximum absolute atomic E-state index is 10.0. The van der Waals surface area contributed by atoms with Crippen molar-refractivity contribution in [3.8, 4) is 0 Å². The first-order valence-electron chi connectivity index (χ1n) is 9.34. The van der Waals surface area contributed by atoms with E-state index < -0.39 is 0 Å². The highest BCUT2D eigenvalue weighted by Crippen LogP contribution is 2.66. The standard InChI is InChI=1S/C20H32O/c1-13-4-7-17-16-6-5-14-12-15(21)8-10-20(14,3)18(16)9-11-19(13,17)2/h12-13,15-18,21H,4-11H2,1-3H3/t13-,15+,16-,17-,18-,19+,20-/m0/s1. The van der Waals surface area contributed by atoms with Gasteiger partial charge in [-0.1, -0.05) is 32.4 Å². The van der Waals surface area contributed by atoms with Crippen LogP contribution in [-0.2, 0) is 0 Å². The molecule has 0 heterocycles. The number of hydrogen-bond acceptors (Lipinski definition) is 1. The van der Waals surface area contributed by atoms with Gasteiger partial charge in [0.1, 0.15) is 0 Å². The Labute approximate surface area is 130 Å². The second-order valence-corrected chi connectivity index (χ2v) is 9.15. The normalized spacial score (nSPS) is 56.2. The van der Waals surface area contributed by atoms with Crippen molar-refractivity contribution in [2.75, 3.05) is 0 Å². The molecule has 0 aromatic rings. The second-order valence-electron chi connectivity index (χ2n) is 9.15. The molecule has 4 aliphatic carbocycles. The molecule has 1 N–H and O–H groups in total. The fourth-order valence-electron chi connectivity index (χ4n) is 6.97. The molecule has 3 saturated carbocycles. The number of rotatable bonds is 0. The van der Waals surface area contributed by atoms with E-state index in [9.17, 15) is 5.11 Å². The maximum atomic E-state index is 10.0. The lowest BCUT2D eigenvalue weighted by molar-refractivity contribution is -0.0528. The van der Waals surface area contributed by atoms with Crippen LogP contribution in [0.15, 0.2) is 11.6 Å². The van der Waals surface area contributed by atoms with Gasteiger partial charge in [0.05, 0.1) is 6.10 Å². The lowest BCUT2D eigenvalue weighted by atomic mass is 9.47. The first kappa shape index (κ1) is 14.3. The lowest BCUT2D eigenvalue weighted by Crippen LogP contribution is -2.50. The van der Waals surface area contributed by atoms with E-state index >= 15 is 0 Å². The topological polar surface area (TPSA) is 20.2 Å². The predicted molar refractivity (Wildman–Crippen MR) is 86.9 cm³/mol. The van der Waals surface area contributed by atoms with Crippen molar-refractivity contribution in [1.82, 2.24) is 0 Å². The number of hydrogen-bond donors (Lipinski definition) is 1. The summed E-state index contributed by atoms with van der Waals surface area (Å²) in [4.78, 5) is 0. The van der Waals surface area contributed by atoms with Gasteiger partial charge < -0.3 is 5.11 Å². The Kier molecular flexibility index (Phi) is 3.13. The van der Waals surface area contributed by atoms with Gasteiger partial charge in [-0.2, -0.15) is 0 Å². The predicted octanol–water partition coefficient (Wildman–Crippen LogP) is 4.95. The number of allylic oxidation sites excluding steroid dienone is 1. The molecular formula is C20H32O. The van der Waals surface area contributed by atoms with E-state index in [1.165, 1.54) is 44.9 Å². The molecule has 3 fully saturated rings. The molecule has 7 atom stereocenters. The molecule has 0 aromatic heterocycles. The van der Waals surface area contributed by atoms with Crippen molar-refractivity contribution in [2.24, 2.45) is 34.5 Å². The van der Waals surface area contributed by atoms with Gasteiger partial charge in [0.15, 0.2) is 0 Å². The molecule has 0 saturated heterocycles. The van der Waals surface area contributed by atoms with Gasteiger partial charge in [-0.05, 0) is 85.9 Å². The Balaban J connectivity index is 1.67. The first-order valence-corrected chi connectivity index (χ1v) is 9.34. The Morgan fingerprint density at radius 1 is 1.00 bits per heavy atom. The van der Waals surface area contributed by atoms with Gasteiger partial charge >= 0.3 is 0 Å². The summed E-state index contributed by atoms with van der Waals surface area (Å²) >= 11 is 0. The summed E-state index contributed by atoms with van der Waals surface area (Å²) in [6, 6.07) is 0. The molecule has 0 bridgehead atoms. The van der Waals surface area contributed by atoms with Crippen molar-refractivity contribution in [2.45, 2.75) is 78.2 Å². The smallest absolute Gasteiger partial charge is 0.0724 e. The van der Waals surface area contributed by atoms with Gasteiger partial charge in [0.2, 0.25) is 0 Å². The summed E-state index contributed by atoms with van der Waals surface area (Å²) in [5.74, 6) is 3.78. The van der Waals surface area contributed by atoms with Crippen LogP contribution in [0, 0.1) is 34.5 Å². The zero-order valence-corrected chi connectivity index (χ0v) is 14.1. The van der Waals surface area contributed by atoms with Crippen LogP contribution in [0.2, 0.25) is 0 Å². The highest BCUT2D eigenvalue weighted by Gasteiger charge is 2.57. The van der Waals surface area contributed by atoms with Crippen molar-refractivity contribution >= 4 is 0 Å². The molecule has 21 heavy (non-hydrogen) atoms. The number of fused-ring (bicyclic) bond motifs is 5. The molecule has 0 unspecified atom stereocenters. The minimum atomic E-state index is -0.162. The SMILES string of the molecule is C[C@H]1CC[C@H]2[C@@H]3CCC4=C[C@H](O)CC[C@]4(C)[C@H]3CC[C@]12C. The number of aliphatic hydroxyl groups excluding tert-OH is 1.